The second kappa shape index (κ2) is 6.71. The SMILES string of the molecule is NCCn1cc(CN2CCCCCCC2)nn1. The molecule has 2 N–H and O–H groups in total. The Kier molecular flexibility index (Phi) is 4.94. The number of hydrogen-bond acceptors (Lipinski definition) is 4. The molecule has 5 heteroatoms. The lowest BCUT2D eigenvalue weighted by atomic mass is 10.1. The first-order valence-electron chi connectivity index (χ1n) is 6.70. The molecule has 2 heterocycles. The summed E-state index contributed by atoms with van der Waals surface area (Å²) in [5.41, 5.74) is 6.56. The highest BCUT2D eigenvalue weighted by Crippen LogP contribution is 2.12. The highest BCUT2D eigenvalue weighted by Gasteiger charge is 2.10. The highest BCUT2D eigenvalue weighted by atomic mass is 15.4. The molecule has 0 bridgehead atoms. The van der Waals surface area contributed by atoms with Gasteiger partial charge in [-0.15, -0.1) is 5.10 Å². The van der Waals surface area contributed by atoms with Crippen LogP contribution in [0.5, 0.6) is 0 Å². The molecule has 0 spiro atoms. The van der Waals surface area contributed by atoms with Gasteiger partial charge in [-0.1, -0.05) is 24.5 Å². The van der Waals surface area contributed by atoms with Crippen molar-refractivity contribution >= 4 is 0 Å². The van der Waals surface area contributed by atoms with Crippen molar-refractivity contribution in [2.45, 2.75) is 45.2 Å². The molecule has 2 rings (SSSR count). The summed E-state index contributed by atoms with van der Waals surface area (Å²) in [4.78, 5) is 2.50. The van der Waals surface area contributed by atoms with Crippen LogP contribution in [0, 0.1) is 0 Å². The van der Waals surface area contributed by atoms with Crippen molar-refractivity contribution < 1.29 is 0 Å². The van der Waals surface area contributed by atoms with E-state index in [1.54, 1.807) is 0 Å². The van der Waals surface area contributed by atoms with Gasteiger partial charge >= 0.3 is 0 Å². The van der Waals surface area contributed by atoms with Gasteiger partial charge in [0, 0.05) is 19.3 Å². The molecule has 1 aromatic rings. The molecular formula is C12H23N5. The lowest BCUT2D eigenvalue weighted by Gasteiger charge is -2.23. The summed E-state index contributed by atoms with van der Waals surface area (Å²) in [5, 5.41) is 8.27. The topological polar surface area (TPSA) is 60.0 Å². The standard InChI is InChI=1S/C12H23N5/c13-6-9-17-11-12(14-15-17)10-16-7-4-2-1-3-5-8-16/h11H,1-10,13H2. The Morgan fingerprint density at radius 3 is 2.53 bits per heavy atom. The fourth-order valence-electron chi connectivity index (χ4n) is 2.35. The van der Waals surface area contributed by atoms with Crippen LogP contribution in [-0.2, 0) is 13.1 Å². The lowest BCUT2D eigenvalue weighted by Crippen LogP contribution is -2.27. The zero-order valence-electron chi connectivity index (χ0n) is 10.5. The third-order valence-corrected chi connectivity index (χ3v) is 3.28. The van der Waals surface area contributed by atoms with Gasteiger partial charge in [0.25, 0.3) is 0 Å². The molecule has 1 saturated heterocycles. The maximum absolute atomic E-state index is 5.49. The van der Waals surface area contributed by atoms with Gasteiger partial charge in [-0.3, -0.25) is 9.58 Å². The van der Waals surface area contributed by atoms with E-state index in [0.29, 0.717) is 6.54 Å². The van der Waals surface area contributed by atoms with Gasteiger partial charge < -0.3 is 5.73 Å². The Labute approximate surface area is 103 Å². The van der Waals surface area contributed by atoms with Crippen molar-refractivity contribution in [2.24, 2.45) is 5.73 Å². The average Bonchev–Trinajstić information content (AvgIpc) is 2.70. The van der Waals surface area contributed by atoms with Gasteiger partial charge in [-0.2, -0.15) is 0 Å². The van der Waals surface area contributed by atoms with Gasteiger partial charge in [0.2, 0.25) is 0 Å². The molecule has 0 saturated carbocycles. The number of likely N-dealkylation sites (tertiary alicyclic amines) is 1. The second-order valence-electron chi connectivity index (χ2n) is 4.81. The van der Waals surface area contributed by atoms with Crippen LogP contribution < -0.4 is 5.73 Å². The van der Waals surface area contributed by atoms with Crippen molar-refractivity contribution in [3.63, 3.8) is 0 Å². The molecule has 96 valence electrons. The van der Waals surface area contributed by atoms with Crippen LogP contribution in [0.15, 0.2) is 6.20 Å². The Morgan fingerprint density at radius 1 is 1.12 bits per heavy atom. The smallest absolute Gasteiger partial charge is 0.0967 e. The molecule has 1 aromatic heterocycles. The van der Waals surface area contributed by atoms with E-state index >= 15 is 0 Å². The van der Waals surface area contributed by atoms with E-state index in [2.05, 4.69) is 15.2 Å². The number of aromatic nitrogens is 3. The fourth-order valence-corrected chi connectivity index (χ4v) is 2.35. The van der Waals surface area contributed by atoms with E-state index in [1.165, 1.54) is 45.2 Å². The fraction of sp³-hybridized carbons (Fsp3) is 0.833. The largest absolute Gasteiger partial charge is 0.329 e. The summed E-state index contributed by atoms with van der Waals surface area (Å²) in [6.07, 6.45) is 8.80. The lowest BCUT2D eigenvalue weighted by molar-refractivity contribution is 0.237. The minimum absolute atomic E-state index is 0.618. The Hall–Kier alpha value is -0.940. The van der Waals surface area contributed by atoms with Crippen molar-refractivity contribution in [3.8, 4) is 0 Å². The Bertz CT molecular complexity index is 314. The highest BCUT2D eigenvalue weighted by molar-refractivity contribution is 4.92. The van der Waals surface area contributed by atoms with Crippen molar-refractivity contribution in [1.82, 2.24) is 19.9 Å². The molecule has 17 heavy (non-hydrogen) atoms. The third-order valence-electron chi connectivity index (χ3n) is 3.28. The van der Waals surface area contributed by atoms with Crippen LogP contribution in [0.1, 0.15) is 37.8 Å². The average molecular weight is 237 g/mol. The molecule has 1 fully saturated rings. The Balaban J connectivity index is 1.84. The summed E-state index contributed by atoms with van der Waals surface area (Å²) in [6.45, 7) is 4.71. The first-order chi connectivity index (χ1) is 8.38. The normalized spacial score (nSPS) is 18.9. The number of hydrogen-bond donors (Lipinski definition) is 1. The molecule has 1 aliphatic heterocycles. The van der Waals surface area contributed by atoms with Crippen molar-refractivity contribution in [3.05, 3.63) is 11.9 Å². The van der Waals surface area contributed by atoms with E-state index in [4.69, 9.17) is 5.73 Å². The van der Waals surface area contributed by atoms with E-state index in [9.17, 15) is 0 Å². The number of nitrogens with two attached hydrogens (primary N) is 1. The van der Waals surface area contributed by atoms with E-state index < -0.39 is 0 Å². The summed E-state index contributed by atoms with van der Waals surface area (Å²) in [7, 11) is 0. The van der Waals surface area contributed by atoms with Crippen LogP contribution in [0.25, 0.3) is 0 Å². The van der Waals surface area contributed by atoms with E-state index in [-0.39, 0.29) is 0 Å². The predicted molar refractivity (Wildman–Crippen MR) is 67.4 cm³/mol. The van der Waals surface area contributed by atoms with Crippen LogP contribution in [0.2, 0.25) is 0 Å². The Morgan fingerprint density at radius 2 is 1.82 bits per heavy atom. The maximum atomic E-state index is 5.49. The first-order valence-corrected chi connectivity index (χ1v) is 6.70. The second-order valence-corrected chi connectivity index (χ2v) is 4.81. The molecule has 1 aliphatic rings. The molecule has 0 atom stereocenters. The van der Waals surface area contributed by atoms with Gasteiger partial charge in [0.1, 0.15) is 0 Å². The molecule has 0 aliphatic carbocycles. The number of rotatable bonds is 4. The van der Waals surface area contributed by atoms with Crippen LogP contribution in [-0.4, -0.2) is 39.5 Å². The summed E-state index contributed by atoms with van der Waals surface area (Å²) in [5.74, 6) is 0. The van der Waals surface area contributed by atoms with Crippen molar-refractivity contribution in [1.29, 1.82) is 0 Å². The summed E-state index contributed by atoms with van der Waals surface area (Å²) in [6, 6.07) is 0. The maximum Gasteiger partial charge on any atom is 0.0967 e. The predicted octanol–water partition coefficient (Wildman–Crippen LogP) is 1.00. The molecular weight excluding hydrogens is 214 g/mol. The van der Waals surface area contributed by atoms with Gasteiger partial charge in [0.15, 0.2) is 0 Å². The van der Waals surface area contributed by atoms with Crippen LogP contribution in [0.3, 0.4) is 0 Å². The van der Waals surface area contributed by atoms with E-state index in [1.807, 2.05) is 10.9 Å². The summed E-state index contributed by atoms with van der Waals surface area (Å²) >= 11 is 0. The first kappa shape index (κ1) is 12.5. The van der Waals surface area contributed by atoms with Gasteiger partial charge in [-0.05, 0) is 25.9 Å². The molecule has 0 unspecified atom stereocenters. The van der Waals surface area contributed by atoms with Gasteiger partial charge in [0.05, 0.1) is 12.2 Å². The molecule has 5 nitrogen and oxygen atoms in total. The number of nitrogens with zero attached hydrogens (tertiary/aromatic N) is 4. The van der Waals surface area contributed by atoms with E-state index in [0.717, 1.165) is 18.8 Å². The molecule has 0 amide bonds. The minimum atomic E-state index is 0.618. The molecule has 0 aromatic carbocycles. The quantitative estimate of drug-likeness (QED) is 0.849. The summed E-state index contributed by atoms with van der Waals surface area (Å²) < 4.78 is 1.83. The van der Waals surface area contributed by atoms with Crippen molar-refractivity contribution in [2.75, 3.05) is 19.6 Å². The van der Waals surface area contributed by atoms with Crippen LogP contribution in [0.4, 0.5) is 0 Å². The zero-order valence-corrected chi connectivity index (χ0v) is 10.5. The minimum Gasteiger partial charge on any atom is -0.329 e. The molecule has 0 radical (unpaired) electrons. The zero-order chi connectivity index (χ0) is 11.9. The van der Waals surface area contributed by atoms with Crippen LogP contribution >= 0.6 is 0 Å². The monoisotopic (exact) mass is 237 g/mol. The van der Waals surface area contributed by atoms with Gasteiger partial charge in [-0.25, -0.2) is 0 Å². The third kappa shape index (κ3) is 4.09.